The Balaban J connectivity index is 2.31. The summed E-state index contributed by atoms with van der Waals surface area (Å²) in [5.74, 6) is -0.582. The number of rotatable bonds is 5. The monoisotopic (exact) mass is 286 g/mol. The molecule has 110 valence electrons. The van der Waals surface area contributed by atoms with Gasteiger partial charge in [0.25, 0.3) is 5.91 Å². The van der Waals surface area contributed by atoms with E-state index in [9.17, 15) is 9.18 Å². The van der Waals surface area contributed by atoms with Crippen molar-refractivity contribution in [3.8, 4) is 0 Å². The molecule has 0 saturated heterocycles. The molecule has 0 fully saturated rings. The highest BCUT2D eigenvalue weighted by molar-refractivity contribution is 6.06. The highest BCUT2D eigenvalue weighted by Gasteiger charge is 2.18. The number of para-hydroxylation sites is 1. The molecule has 2 aromatic carbocycles. The van der Waals surface area contributed by atoms with E-state index in [2.05, 4.69) is 0 Å². The number of nitrogens with two attached hydrogens (primary N) is 1. The molecule has 0 radical (unpaired) electrons. The number of benzene rings is 2. The van der Waals surface area contributed by atoms with Gasteiger partial charge in [0.1, 0.15) is 5.82 Å². The molecular weight excluding hydrogens is 267 g/mol. The third kappa shape index (κ3) is 3.67. The zero-order valence-corrected chi connectivity index (χ0v) is 12.1. The molecule has 2 rings (SSSR count). The summed E-state index contributed by atoms with van der Waals surface area (Å²) in [7, 11) is 0. The molecule has 2 N–H and O–H groups in total. The molecule has 3 nitrogen and oxygen atoms in total. The van der Waals surface area contributed by atoms with E-state index < -0.39 is 0 Å². The summed E-state index contributed by atoms with van der Waals surface area (Å²) in [5.41, 5.74) is 7.20. The Labute approximate surface area is 124 Å². The number of hydrogen-bond donors (Lipinski definition) is 1. The van der Waals surface area contributed by atoms with Crippen LogP contribution in [0.25, 0.3) is 0 Å². The van der Waals surface area contributed by atoms with Gasteiger partial charge in [0.15, 0.2) is 0 Å². The van der Waals surface area contributed by atoms with E-state index in [0.29, 0.717) is 30.6 Å². The van der Waals surface area contributed by atoms with Gasteiger partial charge in [-0.15, -0.1) is 0 Å². The summed E-state index contributed by atoms with van der Waals surface area (Å²) in [4.78, 5) is 14.3. The zero-order chi connectivity index (χ0) is 15.2. The van der Waals surface area contributed by atoms with Gasteiger partial charge in [-0.1, -0.05) is 24.3 Å². The number of halogens is 1. The summed E-state index contributed by atoms with van der Waals surface area (Å²) < 4.78 is 13.7. The van der Waals surface area contributed by atoms with E-state index in [0.717, 1.165) is 5.69 Å². The van der Waals surface area contributed by atoms with Crippen molar-refractivity contribution in [1.29, 1.82) is 0 Å². The Hall–Kier alpha value is -2.20. The second-order valence-electron chi connectivity index (χ2n) is 4.90. The van der Waals surface area contributed by atoms with Gasteiger partial charge < -0.3 is 10.6 Å². The molecule has 0 bridgehead atoms. The number of carbonyl (C=O) groups excluding carboxylic acids is 1. The summed E-state index contributed by atoms with van der Waals surface area (Å²) in [5, 5.41) is 0. The fraction of sp³-hybridized carbons (Fsp3) is 0.235. The molecule has 0 unspecified atom stereocenters. The van der Waals surface area contributed by atoms with Crippen molar-refractivity contribution in [2.75, 3.05) is 18.0 Å². The van der Waals surface area contributed by atoms with Crippen LogP contribution in [0.1, 0.15) is 22.3 Å². The van der Waals surface area contributed by atoms with Crippen molar-refractivity contribution in [2.45, 2.75) is 13.3 Å². The molecule has 0 spiro atoms. The number of hydrogen-bond acceptors (Lipinski definition) is 2. The molecule has 0 aromatic heterocycles. The van der Waals surface area contributed by atoms with Crippen LogP contribution in [0.5, 0.6) is 0 Å². The predicted molar refractivity (Wildman–Crippen MR) is 82.9 cm³/mol. The van der Waals surface area contributed by atoms with Gasteiger partial charge in [0.2, 0.25) is 0 Å². The van der Waals surface area contributed by atoms with Crippen molar-refractivity contribution in [2.24, 2.45) is 5.73 Å². The molecule has 21 heavy (non-hydrogen) atoms. The first kappa shape index (κ1) is 15.2. The third-order valence-electron chi connectivity index (χ3n) is 3.32. The van der Waals surface area contributed by atoms with E-state index in [-0.39, 0.29) is 11.7 Å². The lowest BCUT2D eigenvalue weighted by atomic mass is 10.1. The molecule has 2 aromatic rings. The SMILES string of the molecule is Cc1ccc(C(=O)N(CCCN)c2ccccc2)cc1F. The Morgan fingerprint density at radius 3 is 2.52 bits per heavy atom. The second kappa shape index (κ2) is 6.99. The van der Waals surface area contributed by atoms with Gasteiger partial charge in [0, 0.05) is 17.8 Å². The van der Waals surface area contributed by atoms with Crippen LogP contribution < -0.4 is 10.6 Å². The quantitative estimate of drug-likeness (QED) is 0.918. The lowest BCUT2D eigenvalue weighted by molar-refractivity contribution is 0.0986. The smallest absolute Gasteiger partial charge is 0.258 e. The summed E-state index contributed by atoms with van der Waals surface area (Å²) >= 11 is 0. The van der Waals surface area contributed by atoms with E-state index in [4.69, 9.17) is 5.73 Å². The average Bonchev–Trinajstić information content (AvgIpc) is 2.51. The molecule has 0 atom stereocenters. The van der Waals surface area contributed by atoms with Crippen LogP contribution in [0.4, 0.5) is 10.1 Å². The van der Waals surface area contributed by atoms with Gasteiger partial charge in [-0.25, -0.2) is 4.39 Å². The molecule has 0 aliphatic heterocycles. The maximum absolute atomic E-state index is 13.7. The van der Waals surface area contributed by atoms with Crippen molar-refractivity contribution in [1.82, 2.24) is 0 Å². The van der Waals surface area contributed by atoms with Gasteiger partial charge in [-0.3, -0.25) is 4.79 Å². The minimum Gasteiger partial charge on any atom is -0.330 e. The van der Waals surface area contributed by atoms with Crippen LogP contribution in [-0.4, -0.2) is 19.0 Å². The van der Waals surface area contributed by atoms with Crippen molar-refractivity contribution in [3.05, 3.63) is 65.5 Å². The van der Waals surface area contributed by atoms with E-state index in [1.807, 2.05) is 30.3 Å². The Bertz CT molecular complexity index is 613. The van der Waals surface area contributed by atoms with Gasteiger partial charge in [-0.05, 0) is 49.7 Å². The standard InChI is InChI=1S/C17H19FN2O/c1-13-8-9-14(12-16(13)18)17(21)20(11-5-10-19)15-6-3-2-4-7-15/h2-4,6-9,12H,5,10-11,19H2,1H3. The largest absolute Gasteiger partial charge is 0.330 e. The number of anilines is 1. The van der Waals surface area contributed by atoms with Gasteiger partial charge in [-0.2, -0.15) is 0 Å². The fourth-order valence-electron chi connectivity index (χ4n) is 2.09. The van der Waals surface area contributed by atoms with Gasteiger partial charge >= 0.3 is 0 Å². The van der Waals surface area contributed by atoms with Crippen LogP contribution in [-0.2, 0) is 0 Å². The van der Waals surface area contributed by atoms with Crippen molar-refractivity contribution < 1.29 is 9.18 Å². The normalized spacial score (nSPS) is 10.4. The molecule has 0 aliphatic carbocycles. The topological polar surface area (TPSA) is 46.3 Å². The molecule has 1 amide bonds. The molecule has 0 saturated carbocycles. The zero-order valence-electron chi connectivity index (χ0n) is 12.1. The van der Waals surface area contributed by atoms with Crippen LogP contribution in [0.3, 0.4) is 0 Å². The van der Waals surface area contributed by atoms with Crippen molar-refractivity contribution >= 4 is 11.6 Å². The summed E-state index contributed by atoms with van der Waals surface area (Å²) in [6.45, 7) is 2.68. The number of amides is 1. The van der Waals surface area contributed by atoms with Crippen LogP contribution in [0, 0.1) is 12.7 Å². The second-order valence-corrected chi connectivity index (χ2v) is 4.90. The first-order valence-corrected chi connectivity index (χ1v) is 6.96. The third-order valence-corrected chi connectivity index (χ3v) is 3.32. The van der Waals surface area contributed by atoms with E-state index in [1.54, 1.807) is 24.0 Å². The first-order valence-electron chi connectivity index (χ1n) is 6.96. The first-order chi connectivity index (χ1) is 10.1. The number of nitrogens with zero attached hydrogens (tertiary/aromatic N) is 1. The maximum atomic E-state index is 13.7. The summed E-state index contributed by atoms with van der Waals surface area (Å²) in [6, 6.07) is 13.9. The maximum Gasteiger partial charge on any atom is 0.258 e. The van der Waals surface area contributed by atoms with Crippen LogP contribution in [0.2, 0.25) is 0 Å². The lowest BCUT2D eigenvalue weighted by Gasteiger charge is -2.23. The number of aryl methyl sites for hydroxylation is 1. The van der Waals surface area contributed by atoms with Crippen molar-refractivity contribution in [3.63, 3.8) is 0 Å². The van der Waals surface area contributed by atoms with Crippen LogP contribution in [0.15, 0.2) is 48.5 Å². The summed E-state index contributed by atoms with van der Waals surface area (Å²) in [6.07, 6.45) is 0.689. The molecule has 0 aliphatic rings. The number of carbonyl (C=O) groups is 1. The van der Waals surface area contributed by atoms with Gasteiger partial charge in [0.05, 0.1) is 0 Å². The predicted octanol–water partition coefficient (Wildman–Crippen LogP) is 3.13. The molecular formula is C17H19FN2O. The Kier molecular flexibility index (Phi) is 5.06. The van der Waals surface area contributed by atoms with E-state index >= 15 is 0 Å². The van der Waals surface area contributed by atoms with Crippen LogP contribution >= 0.6 is 0 Å². The van der Waals surface area contributed by atoms with E-state index in [1.165, 1.54) is 6.07 Å². The minimum atomic E-state index is -0.368. The highest BCUT2D eigenvalue weighted by atomic mass is 19.1. The Morgan fingerprint density at radius 1 is 1.19 bits per heavy atom. The molecule has 0 heterocycles. The fourth-order valence-corrected chi connectivity index (χ4v) is 2.09. The lowest BCUT2D eigenvalue weighted by Crippen LogP contribution is -2.33. The molecule has 4 heteroatoms. The Morgan fingerprint density at radius 2 is 1.90 bits per heavy atom. The minimum absolute atomic E-state index is 0.214. The highest BCUT2D eigenvalue weighted by Crippen LogP contribution is 2.18. The average molecular weight is 286 g/mol.